The molecule has 1 atom stereocenters. The minimum absolute atomic E-state index is 0.103. The highest BCUT2D eigenvalue weighted by Gasteiger charge is 2.30. The van der Waals surface area contributed by atoms with Gasteiger partial charge in [0, 0.05) is 31.5 Å². The number of likely N-dealkylation sites (N-methyl/N-ethyl adjacent to an activating group) is 1. The van der Waals surface area contributed by atoms with Gasteiger partial charge in [-0.2, -0.15) is 0 Å². The number of nitrogens with one attached hydrogen (secondary N) is 1. The molecule has 0 aromatic carbocycles. The van der Waals surface area contributed by atoms with Crippen molar-refractivity contribution >= 4 is 17.5 Å². The number of anilines is 1. The van der Waals surface area contributed by atoms with Crippen molar-refractivity contribution in [2.75, 3.05) is 19.3 Å². The number of nitrogens with two attached hydrogens (primary N) is 1. The maximum atomic E-state index is 11.8. The molecule has 0 bridgehead atoms. The SMILES string of the molecule is CN1CCC(NC(=O)Cn2cc(N)ccc2=O)C1=O. The second-order valence-electron chi connectivity index (χ2n) is 4.60. The van der Waals surface area contributed by atoms with Crippen LogP contribution < -0.4 is 16.6 Å². The van der Waals surface area contributed by atoms with Crippen molar-refractivity contribution in [2.45, 2.75) is 19.0 Å². The molecule has 1 aromatic heterocycles. The Balaban J connectivity index is 2.00. The molecule has 19 heavy (non-hydrogen) atoms. The average molecular weight is 264 g/mol. The van der Waals surface area contributed by atoms with Crippen LogP contribution in [0.3, 0.4) is 0 Å². The zero-order valence-electron chi connectivity index (χ0n) is 10.6. The van der Waals surface area contributed by atoms with Crippen molar-refractivity contribution in [3.63, 3.8) is 0 Å². The fraction of sp³-hybridized carbons (Fsp3) is 0.417. The summed E-state index contributed by atoms with van der Waals surface area (Å²) in [5, 5.41) is 2.62. The Kier molecular flexibility index (Phi) is 3.55. The average Bonchev–Trinajstić information content (AvgIpc) is 2.66. The lowest BCUT2D eigenvalue weighted by Crippen LogP contribution is -2.42. The summed E-state index contributed by atoms with van der Waals surface area (Å²) in [6.45, 7) is 0.485. The molecule has 1 aliphatic rings. The summed E-state index contributed by atoms with van der Waals surface area (Å²) in [5.41, 5.74) is 5.66. The minimum Gasteiger partial charge on any atom is -0.398 e. The van der Waals surface area contributed by atoms with Gasteiger partial charge in [0.05, 0.1) is 0 Å². The van der Waals surface area contributed by atoms with Gasteiger partial charge >= 0.3 is 0 Å². The van der Waals surface area contributed by atoms with E-state index in [2.05, 4.69) is 5.32 Å². The molecule has 2 amide bonds. The van der Waals surface area contributed by atoms with Crippen molar-refractivity contribution in [3.8, 4) is 0 Å². The fourth-order valence-electron chi connectivity index (χ4n) is 2.02. The van der Waals surface area contributed by atoms with Gasteiger partial charge in [-0.25, -0.2) is 0 Å². The predicted octanol–water partition coefficient (Wildman–Crippen LogP) is -1.22. The maximum Gasteiger partial charge on any atom is 0.251 e. The summed E-state index contributed by atoms with van der Waals surface area (Å²) in [5.74, 6) is -0.477. The molecule has 1 saturated heterocycles. The Labute approximate surface area is 110 Å². The third kappa shape index (κ3) is 2.93. The molecule has 7 nitrogen and oxygen atoms in total. The molecule has 0 spiro atoms. The topological polar surface area (TPSA) is 97.4 Å². The molecular formula is C12H16N4O3. The molecule has 0 radical (unpaired) electrons. The van der Waals surface area contributed by atoms with Crippen molar-refractivity contribution in [3.05, 3.63) is 28.7 Å². The number of likely N-dealkylation sites (tertiary alicyclic amines) is 1. The highest BCUT2D eigenvalue weighted by atomic mass is 16.2. The highest BCUT2D eigenvalue weighted by molar-refractivity contribution is 5.88. The summed E-state index contributed by atoms with van der Waals surface area (Å²) < 4.78 is 1.22. The standard InChI is InChI=1S/C12H16N4O3/c1-15-5-4-9(12(15)19)14-10(17)7-16-6-8(13)2-3-11(16)18/h2-3,6,9H,4-5,7,13H2,1H3,(H,14,17). The van der Waals surface area contributed by atoms with E-state index >= 15 is 0 Å². The second kappa shape index (κ2) is 5.13. The number of pyridine rings is 1. The third-order valence-corrected chi connectivity index (χ3v) is 3.08. The number of carbonyl (C=O) groups is 2. The van der Waals surface area contributed by atoms with Gasteiger partial charge in [0.15, 0.2) is 0 Å². The molecule has 1 aliphatic heterocycles. The molecule has 102 valence electrons. The van der Waals surface area contributed by atoms with Gasteiger partial charge in [0.1, 0.15) is 12.6 Å². The number of hydrogen-bond acceptors (Lipinski definition) is 4. The molecule has 1 fully saturated rings. The van der Waals surface area contributed by atoms with Crippen LogP contribution in [0.5, 0.6) is 0 Å². The zero-order valence-corrected chi connectivity index (χ0v) is 10.6. The molecule has 7 heteroatoms. The van der Waals surface area contributed by atoms with Crippen LogP contribution in [0.1, 0.15) is 6.42 Å². The predicted molar refractivity (Wildman–Crippen MR) is 69.3 cm³/mol. The molecule has 0 saturated carbocycles. The maximum absolute atomic E-state index is 11.8. The normalized spacial score (nSPS) is 18.7. The Morgan fingerprint density at radius 3 is 2.84 bits per heavy atom. The molecule has 1 unspecified atom stereocenters. The van der Waals surface area contributed by atoms with Crippen molar-refractivity contribution in [1.29, 1.82) is 0 Å². The van der Waals surface area contributed by atoms with E-state index in [1.165, 1.54) is 22.9 Å². The van der Waals surface area contributed by atoms with Crippen molar-refractivity contribution < 1.29 is 9.59 Å². The molecule has 2 heterocycles. The van der Waals surface area contributed by atoms with E-state index in [1.807, 2.05) is 0 Å². The monoisotopic (exact) mass is 264 g/mol. The largest absolute Gasteiger partial charge is 0.398 e. The van der Waals surface area contributed by atoms with Gasteiger partial charge in [0.2, 0.25) is 11.8 Å². The van der Waals surface area contributed by atoms with E-state index in [0.717, 1.165) is 0 Å². The molecule has 2 rings (SSSR count). The van der Waals surface area contributed by atoms with Gasteiger partial charge in [-0.1, -0.05) is 0 Å². The van der Waals surface area contributed by atoms with Crippen LogP contribution in [0.4, 0.5) is 5.69 Å². The molecule has 0 aliphatic carbocycles. The number of nitrogens with zero attached hydrogens (tertiary/aromatic N) is 2. The van der Waals surface area contributed by atoms with Gasteiger partial charge < -0.3 is 20.5 Å². The van der Waals surface area contributed by atoms with Gasteiger partial charge in [0.25, 0.3) is 5.56 Å². The highest BCUT2D eigenvalue weighted by Crippen LogP contribution is 2.08. The summed E-state index contributed by atoms with van der Waals surface area (Å²) in [6.07, 6.45) is 2.00. The summed E-state index contributed by atoms with van der Waals surface area (Å²) in [6, 6.07) is 2.29. The number of amides is 2. The second-order valence-corrected chi connectivity index (χ2v) is 4.60. The van der Waals surface area contributed by atoms with Crippen LogP contribution in [-0.4, -0.2) is 40.9 Å². The fourth-order valence-corrected chi connectivity index (χ4v) is 2.02. The third-order valence-electron chi connectivity index (χ3n) is 3.08. The van der Waals surface area contributed by atoms with E-state index in [1.54, 1.807) is 11.9 Å². The Morgan fingerprint density at radius 1 is 1.47 bits per heavy atom. The summed E-state index contributed by atoms with van der Waals surface area (Å²) in [4.78, 5) is 36.5. The zero-order chi connectivity index (χ0) is 14.0. The van der Waals surface area contributed by atoms with Crippen molar-refractivity contribution in [2.24, 2.45) is 0 Å². The quantitative estimate of drug-likeness (QED) is 0.715. The van der Waals surface area contributed by atoms with Crippen molar-refractivity contribution in [1.82, 2.24) is 14.8 Å². The number of rotatable bonds is 3. The van der Waals surface area contributed by atoms with E-state index < -0.39 is 6.04 Å². The molecule has 1 aromatic rings. The Bertz CT molecular complexity index is 566. The van der Waals surface area contributed by atoms with E-state index in [9.17, 15) is 14.4 Å². The van der Waals surface area contributed by atoms with E-state index in [-0.39, 0.29) is 23.9 Å². The lowest BCUT2D eigenvalue weighted by atomic mass is 10.2. The number of aromatic nitrogens is 1. The first-order valence-corrected chi connectivity index (χ1v) is 5.97. The first-order valence-electron chi connectivity index (χ1n) is 5.97. The Morgan fingerprint density at radius 2 is 2.21 bits per heavy atom. The summed E-state index contributed by atoms with van der Waals surface area (Å²) in [7, 11) is 1.69. The first kappa shape index (κ1) is 13.1. The minimum atomic E-state index is -0.491. The van der Waals surface area contributed by atoms with Crippen LogP contribution in [-0.2, 0) is 16.1 Å². The van der Waals surface area contributed by atoms with Crippen LogP contribution in [0, 0.1) is 0 Å². The van der Waals surface area contributed by atoms with Gasteiger partial charge in [-0.3, -0.25) is 14.4 Å². The van der Waals surface area contributed by atoms with E-state index in [4.69, 9.17) is 5.73 Å². The van der Waals surface area contributed by atoms with Crippen LogP contribution >= 0.6 is 0 Å². The van der Waals surface area contributed by atoms with E-state index in [0.29, 0.717) is 18.7 Å². The van der Waals surface area contributed by atoms with Crippen LogP contribution in [0.15, 0.2) is 23.1 Å². The number of carbonyl (C=O) groups excluding carboxylic acids is 2. The number of hydrogen-bond donors (Lipinski definition) is 2. The Hall–Kier alpha value is -2.31. The lowest BCUT2D eigenvalue weighted by Gasteiger charge is -2.13. The first-order chi connectivity index (χ1) is 8.97. The van der Waals surface area contributed by atoms with Crippen LogP contribution in [0.25, 0.3) is 0 Å². The number of nitrogen functional groups attached to an aromatic ring is 1. The smallest absolute Gasteiger partial charge is 0.251 e. The lowest BCUT2D eigenvalue weighted by molar-refractivity contribution is -0.132. The molecular weight excluding hydrogens is 248 g/mol. The van der Waals surface area contributed by atoms with Crippen LogP contribution in [0.2, 0.25) is 0 Å². The van der Waals surface area contributed by atoms with Gasteiger partial charge in [-0.05, 0) is 12.5 Å². The van der Waals surface area contributed by atoms with Gasteiger partial charge in [-0.15, -0.1) is 0 Å². The molecule has 3 N–H and O–H groups in total. The summed E-state index contributed by atoms with van der Waals surface area (Å²) >= 11 is 0.